The van der Waals surface area contributed by atoms with Gasteiger partial charge in [0.1, 0.15) is 37.8 Å². The second-order valence-corrected chi connectivity index (χ2v) is 7.80. The number of fused-ring (bicyclic) bond motifs is 2. The molecule has 2 N–H and O–H groups in total. The Kier molecular flexibility index (Phi) is 7.98. The van der Waals surface area contributed by atoms with Crippen LogP contribution in [0, 0.1) is 0 Å². The van der Waals surface area contributed by atoms with Gasteiger partial charge in [-0.15, -0.1) is 0 Å². The quantitative estimate of drug-likeness (QED) is 0.523. The largest absolute Gasteiger partial charge is 1.00 e. The summed E-state index contributed by atoms with van der Waals surface area (Å²) in [5.74, 6) is 2.12. The van der Waals surface area contributed by atoms with E-state index in [4.69, 9.17) is 0 Å². The Morgan fingerprint density at radius 3 is 2.12 bits per heavy atom. The lowest BCUT2D eigenvalue weighted by atomic mass is 10.2. The minimum atomic E-state index is 0. The van der Waals surface area contributed by atoms with E-state index in [2.05, 4.69) is 34.0 Å². The molecule has 0 amide bonds. The molecule has 4 heterocycles. The van der Waals surface area contributed by atoms with E-state index in [0.717, 1.165) is 18.2 Å². The molecule has 0 atom stereocenters. The molecule has 0 radical (unpaired) electrons. The summed E-state index contributed by atoms with van der Waals surface area (Å²) in [7, 11) is 2.30. The van der Waals surface area contributed by atoms with E-state index in [1.807, 2.05) is 24.5 Å². The Morgan fingerprint density at radius 1 is 0.962 bits per heavy atom. The fourth-order valence-electron chi connectivity index (χ4n) is 3.53. The third-order valence-electron chi connectivity index (χ3n) is 4.96. The van der Waals surface area contributed by atoms with E-state index in [1.54, 1.807) is 21.6 Å². The van der Waals surface area contributed by atoms with Gasteiger partial charge in [-0.1, -0.05) is 11.8 Å². The van der Waals surface area contributed by atoms with Crippen LogP contribution in [0.1, 0.15) is 6.42 Å². The van der Waals surface area contributed by atoms with Crippen molar-refractivity contribution >= 4 is 23.4 Å². The van der Waals surface area contributed by atoms with Gasteiger partial charge in [-0.25, -0.2) is 9.97 Å². The van der Waals surface area contributed by atoms with Crippen LogP contribution in [0.25, 0.3) is 0 Å². The smallest absolute Gasteiger partial charge is 0.148 e. The van der Waals surface area contributed by atoms with Gasteiger partial charge in [0.05, 0.1) is 23.4 Å². The first-order chi connectivity index (χ1) is 11.8. The summed E-state index contributed by atoms with van der Waals surface area (Å²) in [6.45, 7) is 7.41. The van der Waals surface area contributed by atoms with Crippen molar-refractivity contribution in [2.75, 3.05) is 51.2 Å². The summed E-state index contributed by atoms with van der Waals surface area (Å²) in [5.41, 5.74) is 0. The normalized spacial score (nSPS) is 21.0. The number of nitrogens with zero attached hydrogens (tertiary/aromatic N) is 3. The minimum Gasteiger partial charge on any atom is -1.00 e. The van der Waals surface area contributed by atoms with Gasteiger partial charge >= 0.3 is 0 Å². The zero-order valence-electron chi connectivity index (χ0n) is 14.9. The average Bonchev–Trinajstić information content (AvgIpc) is 2.63. The highest BCUT2D eigenvalue weighted by molar-refractivity contribution is 7.99. The molecule has 2 aromatic rings. The molecule has 2 aliphatic heterocycles. The van der Waals surface area contributed by atoms with E-state index < -0.39 is 0 Å². The molecule has 1 fully saturated rings. The molecule has 0 spiro atoms. The highest BCUT2D eigenvalue weighted by Gasteiger charge is 2.26. The SMILES string of the molecule is C[NH+]1CC[NH+](CCCN2c3ncccc3Sc3cccnc32)CC1.[Cl-].[Cl-]. The number of pyridine rings is 2. The number of anilines is 2. The van der Waals surface area contributed by atoms with Gasteiger partial charge in [0.2, 0.25) is 0 Å². The van der Waals surface area contributed by atoms with Gasteiger partial charge in [-0.2, -0.15) is 0 Å². The number of nitrogens with one attached hydrogen (secondary N) is 2. The summed E-state index contributed by atoms with van der Waals surface area (Å²) in [5, 5.41) is 0. The van der Waals surface area contributed by atoms with E-state index >= 15 is 0 Å². The molecular weight excluding hydrogens is 389 g/mol. The van der Waals surface area contributed by atoms with Crippen molar-refractivity contribution in [3.8, 4) is 0 Å². The third-order valence-corrected chi connectivity index (χ3v) is 6.03. The van der Waals surface area contributed by atoms with E-state index in [1.165, 1.54) is 48.9 Å². The number of rotatable bonds is 4. The molecule has 4 rings (SSSR count). The van der Waals surface area contributed by atoms with Crippen LogP contribution in [0.5, 0.6) is 0 Å². The first-order valence-corrected chi connectivity index (χ1v) is 9.63. The maximum absolute atomic E-state index is 4.63. The molecule has 2 aromatic heterocycles. The lowest BCUT2D eigenvalue weighted by Gasteiger charge is -2.31. The van der Waals surface area contributed by atoms with Gasteiger partial charge in [0.15, 0.2) is 0 Å². The number of quaternary nitrogens is 2. The molecule has 0 aromatic carbocycles. The Hall–Kier alpha value is -1.05. The fourth-order valence-corrected chi connectivity index (χ4v) is 4.57. The Balaban J connectivity index is 0.00000121. The Morgan fingerprint density at radius 2 is 1.54 bits per heavy atom. The number of hydrogen-bond acceptors (Lipinski definition) is 4. The van der Waals surface area contributed by atoms with Crippen molar-refractivity contribution in [2.45, 2.75) is 16.2 Å². The lowest BCUT2D eigenvalue weighted by Crippen LogP contribution is -3.27. The lowest BCUT2D eigenvalue weighted by molar-refractivity contribution is -1.00. The fraction of sp³-hybridized carbons (Fsp3) is 0.444. The molecule has 2 aliphatic rings. The van der Waals surface area contributed by atoms with Crippen molar-refractivity contribution in [3.05, 3.63) is 36.7 Å². The second-order valence-electron chi connectivity index (χ2n) is 6.71. The van der Waals surface area contributed by atoms with Gasteiger partial charge in [-0.3, -0.25) is 0 Å². The summed E-state index contributed by atoms with van der Waals surface area (Å²) in [4.78, 5) is 17.4. The van der Waals surface area contributed by atoms with Crippen molar-refractivity contribution in [3.63, 3.8) is 0 Å². The van der Waals surface area contributed by atoms with Crippen LogP contribution < -0.4 is 39.5 Å². The van der Waals surface area contributed by atoms with E-state index in [-0.39, 0.29) is 24.8 Å². The summed E-state index contributed by atoms with van der Waals surface area (Å²) in [6.07, 6.45) is 4.94. The minimum absolute atomic E-state index is 0. The Bertz CT molecular complexity index is 664. The molecule has 0 unspecified atom stereocenters. The number of piperazine rings is 1. The highest BCUT2D eigenvalue weighted by atomic mass is 35.5. The molecule has 1 saturated heterocycles. The van der Waals surface area contributed by atoms with Gasteiger partial charge in [-0.05, 0) is 24.3 Å². The van der Waals surface area contributed by atoms with Crippen LogP contribution in [-0.4, -0.2) is 56.3 Å². The average molecular weight is 414 g/mol. The molecule has 142 valence electrons. The zero-order valence-corrected chi connectivity index (χ0v) is 17.2. The predicted molar refractivity (Wildman–Crippen MR) is 96.4 cm³/mol. The summed E-state index contributed by atoms with van der Waals surface area (Å²) >= 11 is 1.77. The maximum Gasteiger partial charge on any atom is 0.148 e. The summed E-state index contributed by atoms with van der Waals surface area (Å²) in [6, 6.07) is 8.35. The van der Waals surface area contributed by atoms with Crippen LogP contribution in [0.3, 0.4) is 0 Å². The standard InChI is InChI=1S/C18H23N5S.2ClH/c1-21-11-13-22(14-12-21)9-4-10-23-17-15(5-2-7-19-17)24-16-6-3-8-20-18(16)23;;/h2-3,5-8H,4,9-14H2,1H3;2*1H. The molecule has 26 heavy (non-hydrogen) atoms. The third kappa shape index (κ3) is 4.61. The molecule has 8 heteroatoms. The first kappa shape index (κ1) is 21.3. The Labute approximate surface area is 172 Å². The number of aromatic nitrogens is 2. The van der Waals surface area contributed by atoms with Crippen LogP contribution in [0.15, 0.2) is 46.5 Å². The summed E-state index contributed by atoms with van der Waals surface area (Å²) < 4.78 is 0. The van der Waals surface area contributed by atoms with Crippen LogP contribution >= 0.6 is 11.8 Å². The molecule has 5 nitrogen and oxygen atoms in total. The van der Waals surface area contributed by atoms with Crippen molar-refractivity contribution in [1.82, 2.24) is 9.97 Å². The number of halogens is 2. The van der Waals surface area contributed by atoms with Crippen molar-refractivity contribution in [2.24, 2.45) is 0 Å². The van der Waals surface area contributed by atoms with Gasteiger partial charge in [0.25, 0.3) is 0 Å². The van der Waals surface area contributed by atoms with Crippen LogP contribution in [-0.2, 0) is 0 Å². The maximum atomic E-state index is 4.63. The predicted octanol–water partition coefficient (Wildman–Crippen LogP) is -6.11. The molecule has 0 aliphatic carbocycles. The van der Waals surface area contributed by atoms with Crippen molar-refractivity contribution < 1.29 is 34.6 Å². The van der Waals surface area contributed by atoms with E-state index in [0.29, 0.717) is 0 Å². The zero-order chi connectivity index (χ0) is 16.4. The highest BCUT2D eigenvalue weighted by Crippen LogP contribution is 2.45. The van der Waals surface area contributed by atoms with Gasteiger partial charge in [0, 0.05) is 25.4 Å². The molecule has 0 bridgehead atoms. The topological polar surface area (TPSA) is 37.9 Å². The van der Waals surface area contributed by atoms with Crippen LogP contribution in [0.4, 0.5) is 11.6 Å². The van der Waals surface area contributed by atoms with Crippen LogP contribution in [0.2, 0.25) is 0 Å². The number of hydrogen-bond donors (Lipinski definition) is 2. The first-order valence-electron chi connectivity index (χ1n) is 8.81. The second kappa shape index (κ2) is 9.76. The molecular formula is C18H25Cl2N5S. The molecule has 0 saturated carbocycles. The monoisotopic (exact) mass is 413 g/mol. The van der Waals surface area contributed by atoms with E-state index in [9.17, 15) is 0 Å². The van der Waals surface area contributed by atoms with Crippen molar-refractivity contribution in [1.29, 1.82) is 0 Å². The van der Waals surface area contributed by atoms with Gasteiger partial charge < -0.3 is 39.5 Å². The number of likely N-dealkylation sites (N-methyl/N-ethyl adjacent to an activating group) is 1.